The summed E-state index contributed by atoms with van der Waals surface area (Å²) in [5.41, 5.74) is 1.31. The Labute approximate surface area is 132 Å². The number of nitrogens with one attached hydrogen (secondary N) is 1. The molecule has 0 aliphatic rings. The molecule has 1 heterocycles. The summed E-state index contributed by atoms with van der Waals surface area (Å²) in [6, 6.07) is 19.1. The van der Waals surface area contributed by atoms with Gasteiger partial charge in [0.15, 0.2) is 0 Å². The number of rotatable bonds is 4. The standard InChI is InChI=1S/C18H14FNOS/c19-15-9-4-8-14(12-15)18(21)20-17(16-10-5-11-22-16)13-6-2-1-3-7-13/h1-12,17H,(H,20,21). The molecule has 0 saturated heterocycles. The quantitative estimate of drug-likeness (QED) is 0.760. The summed E-state index contributed by atoms with van der Waals surface area (Å²) in [6.07, 6.45) is 0. The van der Waals surface area contributed by atoms with Crippen LogP contribution in [0.5, 0.6) is 0 Å². The maximum Gasteiger partial charge on any atom is 0.252 e. The van der Waals surface area contributed by atoms with Gasteiger partial charge >= 0.3 is 0 Å². The van der Waals surface area contributed by atoms with Crippen molar-refractivity contribution in [2.75, 3.05) is 0 Å². The number of halogens is 1. The molecule has 4 heteroatoms. The van der Waals surface area contributed by atoms with Gasteiger partial charge in [-0.05, 0) is 35.2 Å². The van der Waals surface area contributed by atoms with E-state index in [-0.39, 0.29) is 11.9 Å². The van der Waals surface area contributed by atoms with Gasteiger partial charge in [-0.3, -0.25) is 4.79 Å². The third-order valence-electron chi connectivity index (χ3n) is 3.32. The highest BCUT2D eigenvalue weighted by atomic mass is 32.1. The second-order valence-electron chi connectivity index (χ2n) is 4.84. The molecular weight excluding hydrogens is 297 g/mol. The molecule has 0 bridgehead atoms. The van der Waals surface area contributed by atoms with Crippen LogP contribution in [0.1, 0.15) is 26.8 Å². The van der Waals surface area contributed by atoms with Gasteiger partial charge in [0.05, 0.1) is 6.04 Å². The molecule has 1 atom stereocenters. The second kappa shape index (κ2) is 6.54. The van der Waals surface area contributed by atoms with Crippen LogP contribution in [0.15, 0.2) is 72.1 Å². The van der Waals surface area contributed by atoms with Crippen molar-refractivity contribution < 1.29 is 9.18 Å². The molecule has 2 aromatic carbocycles. The number of thiophene rings is 1. The largest absolute Gasteiger partial charge is 0.340 e. The first kappa shape index (κ1) is 14.5. The molecule has 0 radical (unpaired) electrons. The maximum absolute atomic E-state index is 13.3. The van der Waals surface area contributed by atoms with E-state index >= 15 is 0 Å². The molecule has 0 aliphatic carbocycles. The fourth-order valence-corrected chi connectivity index (χ4v) is 3.07. The molecular formula is C18H14FNOS. The highest BCUT2D eigenvalue weighted by molar-refractivity contribution is 7.10. The Morgan fingerprint density at radius 2 is 1.82 bits per heavy atom. The Hall–Kier alpha value is -2.46. The first-order valence-electron chi connectivity index (χ1n) is 6.89. The van der Waals surface area contributed by atoms with Crippen LogP contribution >= 0.6 is 11.3 Å². The molecule has 110 valence electrons. The van der Waals surface area contributed by atoms with E-state index in [1.807, 2.05) is 47.8 Å². The zero-order valence-corrected chi connectivity index (χ0v) is 12.5. The summed E-state index contributed by atoms with van der Waals surface area (Å²) in [6.45, 7) is 0. The first-order chi connectivity index (χ1) is 10.7. The lowest BCUT2D eigenvalue weighted by molar-refractivity contribution is 0.0943. The minimum atomic E-state index is -0.417. The van der Waals surface area contributed by atoms with Crippen molar-refractivity contribution in [1.29, 1.82) is 0 Å². The Kier molecular flexibility index (Phi) is 4.30. The monoisotopic (exact) mass is 311 g/mol. The van der Waals surface area contributed by atoms with Crippen molar-refractivity contribution in [2.45, 2.75) is 6.04 Å². The number of carbonyl (C=O) groups is 1. The summed E-state index contributed by atoms with van der Waals surface area (Å²) in [7, 11) is 0. The second-order valence-corrected chi connectivity index (χ2v) is 5.82. The molecule has 0 spiro atoms. The highest BCUT2D eigenvalue weighted by Gasteiger charge is 2.18. The molecule has 0 fully saturated rings. The van der Waals surface area contributed by atoms with Crippen LogP contribution in [0.4, 0.5) is 4.39 Å². The van der Waals surface area contributed by atoms with Crippen LogP contribution in [0.3, 0.4) is 0 Å². The average molecular weight is 311 g/mol. The Morgan fingerprint density at radius 1 is 1.00 bits per heavy atom. The molecule has 22 heavy (non-hydrogen) atoms. The molecule has 1 aromatic heterocycles. The molecule has 1 unspecified atom stereocenters. The van der Waals surface area contributed by atoms with E-state index in [1.54, 1.807) is 17.4 Å². The third kappa shape index (κ3) is 3.23. The summed E-state index contributed by atoms with van der Waals surface area (Å²) >= 11 is 1.58. The van der Waals surface area contributed by atoms with Crippen molar-refractivity contribution in [3.05, 3.63) is 93.9 Å². The maximum atomic E-state index is 13.3. The van der Waals surface area contributed by atoms with E-state index < -0.39 is 5.82 Å². The lowest BCUT2D eigenvalue weighted by Gasteiger charge is -2.18. The fraction of sp³-hybridized carbons (Fsp3) is 0.0556. The van der Waals surface area contributed by atoms with Gasteiger partial charge in [0.25, 0.3) is 5.91 Å². The normalized spacial score (nSPS) is 11.9. The van der Waals surface area contributed by atoms with E-state index in [2.05, 4.69) is 5.32 Å². The summed E-state index contributed by atoms with van der Waals surface area (Å²) in [5.74, 6) is -0.707. The van der Waals surface area contributed by atoms with Gasteiger partial charge in [0.2, 0.25) is 0 Å². The number of hydrogen-bond acceptors (Lipinski definition) is 2. The van der Waals surface area contributed by atoms with Gasteiger partial charge in [-0.15, -0.1) is 11.3 Å². The molecule has 1 amide bonds. The summed E-state index contributed by atoms with van der Waals surface area (Å²) < 4.78 is 13.3. The Bertz CT molecular complexity index is 756. The fourth-order valence-electron chi connectivity index (χ4n) is 2.26. The third-order valence-corrected chi connectivity index (χ3v) is 4.26. The van der Waals surface area contributed by atoms with Crippen molar-refractivity contribution in [2.24, 2.45) is 0 Å². The van der Waals surface area contributed by atoms with Crippen LogP contribution in [0.25, 0.3) is 0 Å². The Balaban J connectivity index is 1.89. The van der Waals surface area contributed by atoms with Gasteiger partial charge in [-0.25, -0.2) is 4.39 Å². The van der Waals surface area contributed by atoms with Gasteiger partial charge < -0.3 is 5.32 Å². The number of amides is 1. The predicted octanol–water partition coefficient (Wildman–Crippen LogP) is 4.41. The van der Waals surface area contributed by atoms with Crippen molar-refractivity contribution in [3.8, 4) is 0 Å². The number of benzene rings is 2. The van der Waals surface area contributed by atoms with Crippen LogP contribution in [0.2, 0.25) is 0 Å². The zero-order chi connectivity index (χ0) is 15.4. The van der Waals surface area contributed by atoms with Gasteiger partial charge in [-0.2, -0.15) is 0 Å². The minimum Gasteiger partial charge on any atom is -0.340 e. The van der Waals surface area contributed by atoms with E-state index in [1.165, 1.54) is 18.2 Å². The minimum absolute atomic E-state index is 0.239. The van der Waals surface area contributed by atoms with E-state index in [0.29, 0.717) is 5.56 Å². The smallest absolute Gasteiger partial charge is 0.252 e. The van der Waals surface area contributed by atoms with E-state index in [9.17, 15) is 9.18 Å². The van der Waals surface area contributed by atoms with E-state index in [0.717, 1.165) is 10.4 Å². The van der Waals surface area contributed by atoms with Crippen LogP contribution in [0, 0.1) is 5.82 Å². The predicted molar refractivity (Wildman–Crippen MR) is 86.5 cm³/mol. The van der Waals surface area contributed by atoms with Crippen molar-refractivity contribution >= 4 is 17.2 Å². The average Bonchev–Trinajstić information content (AvgIpc) is 3.07. The topological polar surface area (TPSA) is 29.1 Å². The van der Waals surface area contributed by atoms with Crippen LogP contribution < -0.4 is 5.32 Å². The van der Waals surface area contributed by atoms with Crippen LogP contribution in [-0.2, 0) is 0 Å². The van der Waals surface area contributed by atoms with Crippen molar-refractivity contribution in [1.82, 2.24) is 5.32 Å². The van der Waals surface area contributed by atoms with Gasteiger partial charge in [-0.1, -0.05) is 42.5 Å². The molecule has 0 saturated carbocycles. The zero-order valence-electron chi connectivity index (χ0n) is 11.7. The van der Waals surface area contributed by atoms with E-state index in [4.69, 9.17) is 0 Å². The summed E-state index contributed by atoms with van der Waals surface area (Å²) in [4.78, 5) is 13.4. The van der Waals surface area contributed by atoms with Crippen LogP contribution in [-0.4, -0.2) is 5.91 Å². The number of carbonyl (C=O) groups excluding carboxylic acids is 1. The first-order valence-corrected chi connectivity index (χ1v) is 7.77. The molecule has 3 rings (SSSR count). The molecule has 2 nitrogen and oxygen atoms in total. The van der Waals surface area contributed by atoms with Gasteiger partial charge in [0.1, 0.15) is 5.82 Å². The summed E-state index contributed by atoms with van der Waals surface area (Å²) in [5, 5.41) is 4.96. The molecule has 3 aromatic rings. The lowest BCUT2D eigenvalue weighted by atomic mass is 10.0. The SMILES string of the molecule is O=C(NC(c1ccccc1)c1cccs1)c1cccc(F)c1. The molecule has 1 N–H and O–H groups in total. The number of hydrogen-bond donors (Lipinski definition) is 1. The molecule has 0 aliphatic heterocycles. The lowest BCUT2D eigenvalue weighted by Crippen LogP contribution is -2.28. The highest BCUT2D eigenvalue weighted by Crippen LogP contribution is 2.26. The van der Waals surface area contributed by atoms with Gasteiger partial charge in [0, 0.05) is 10.4 Å². The van der Waals surface area contributed by atoms with Crippen molar-refractivity contribution in [3.63, 3.8) is 0 Å². The Morgan fingerprint density at radius 3 is 2.50 bits per heavy atom.